The van der Waals surface area contributed by atoms with Crippen molar-refractivity contribution in [3.05, 3.63) is 33.8 Å². The van der Waals surface area contributed by atoms with E-state index in [0.29, 0.717) is 12.5 Å². The molecule has 1 aliphatic heterocycles. The Morgan fingerprint density at radius 3 is 3.00 bits per heavy atom. The maximum Gasteiger partial charge on any atom is 0.0897 e. The van der Waals surface area contributed by atoms with E-state index in [0.717, 1.165) is 13.1 Å². The zero-order chi connectivity index (χ0) is 12.4. The van der Waals surface area contributed by atoms with Gasteiger partial charge < -0.3 is 10.2 Å². The van der Waals surface area contributed by atoms with Crippen molar-refractivity contribution in [2.45, 2.75) is 25.5 Å². The molecule has 2 N–H and O–H groups in total. The van der Waals surface area contributed by atoms with Crippen LogP contribution in [0.1, 0.15) is 24.0 Å². The molecule has 0 amide bonds. The van der Waals surface area contributed by atoms with Gasteiger partial charge in [-0.1, -0.05) is 35.0 Å². The van der Waals surface area contributed by atoms with Crippen LogP contribution in [-0.2, 0) is 6.54 Å². The maximum atomic E-state index is 9.50. The summed E-state index contributed by atoms with van der Waals surface area (Å²) in [6, 6.07) is 6.25. The minimum Gasteiger partial charge on any atom is -0.394 e. The van der Waals surface area contributed by atoms with Crippen molar-refractivity contribution < 1.29 is 10.2 Å². The highest BCUT2D eigenvalue weighted by Gasteiger charge is 2.24. The van der Waals surface area contributed by atoms with Gasteiger partial charge >= 0.3 is 0 Å². The van der Waals surface area contributed by atoms with Crippen molar-refractivity contribution in [2.75, 3.05) is 19.7 Å². The lowest BCUT2D eigenvalue weighted by Crippen LogP contribution is -2.39. The molecule has 0 radical (unpaired) electrons. The van der Waals surface area contributed by atoms with E-state index >= 15 is 0 Å². The summed E-state index contributed by atoms with van der Waals surface area (Å²) in [7, 11) is 0. The zero-order valence-corrected chi connectivity index (χ0v) is 11.5. The number of β-amino-alcohol motifs (C(OH)–C–C–N with tert-alkyl or cyclic N) is 1. The molecule has 4 heteroatoms. The Morgan fingerprint density at radius 2 is 2.29 bits per heavy atom. The lowest BCUT2D eigenvalue weighted by Gasteiger charge is -2.34. The first kappa shape index (κ1) is 13.0. The van der Waals surface area contributed by atoms with E-state index in [1.54, 1.807) is 0 Å². The van der Waals surface area contributed by atoms with Crippen LogP contribution in [0, 0.1) is 0 Å². The first-order valence-corrected chi connectivity index (χ1v) is 6.69. The number of rotatable bonds is 3. The summed E-state index contributed by atoms with van der Waals surface area (Å²) in [6.07, 6.45) is -0.643. The van der Waals surface area contributed by atoms with Gasteiger partial charge in [0.15, 0.2) is 0 Å². The highest BCUT2D eigenvalue weighted by molar-refractivity contribution is 9.10. The third-order valence-electron chi connectivity index (χ3n) is 3.24. The summed E-state index contributed by atoms with van der Waals surface area (Å²) in [5, 5.41) is 18.4. The van der Waals surface area contributed by atoms with E-state index in [1.165, 1.54) is 15.6 Å². The summed E-state index contributed by atoms with van der Waals surface area (Å²) >= 11 is 3.60. The predicted molar refractivity (Wildman–Crippen MR) is 70.9 cm³/mol. The van der Waals surface area contributed by atoms with Gasteiger partial charge in [0.2, 0.25) is 0 Å². The smallest absolute Gasteiger partial charge is 0.0897 e. The summed E-state index contributed by atoms with van der Waals surface area (Å²) in [6.45, 7) is 4.33. The van der Waals surface area contributed by atoms with Crippen LogP contribution in [0.4, 0.5) is 0 Å². The predicted octanol–water partition coefficient (Wildman–Crippen LogP) is 1.72. The molecule has 0 saturated carbocycles. The van der Waals surface area contributed by atoms with Crippen LogP contribution < -0.4 is 0 Å². The summed E-state index contributed by atoms with van der Waals surface area (Å²) in [4.78, 5) is 2.19. The van der Waals surface area contributed by atoms with Crippen molar-refractivity contribution >= 4 is 15.9 Å². The Labute approximate surface area is 110 Å². The molecule has 0 saturated heterocycles. The Morgan fingerprint density at radius 1 is 1.53 bits per heavy atom. The highest BCUT2D eigenvalue weighted by Crippen LogP contribution is 2.33. The van der Waals surface area contributed by atoms with Crippen LogP contribution >= 0.6 is 15.9 Å². The number of benzene rings is 1. The van der Waals surface area contributed by atoms with Crippen molar-refractivity contribution in [1.29, 1.82) is 0 Å². The van der Waals surface area contributed by atoms with Crippen molar-refractivity contribution in [1.82, 2.24) is 4.90 Å². The molecule has 0 spiro atoms. The quantitative estimate of drug-likeness (QED) is 0.893. The second-order valence-corrected chi connectivity index (χ2v) is 5.60. The average molecular weight is 300 g/mol. The Balaban J connectivity index is 2.16. The fourth-order valence-electron chi connectivity index (χ4n) is 2.55. The van der Waals surface area contributed by atoms with E-state index < -0.39 is 6.10 Å². The normalized spacial score (nSPS) is 22.2. The van der Waals surface area contributed by atoms with Gasteiger partial charge in [-0.3, -0.25) is 4.90 Å². The number of fused-ring (bicyclic) bond motifs is 1. The van der Waals surface area contributed by atoms with Gasteiger partial charge in [0.05, 0.1) is 12.7 Å². The molecule has 1 aromatic carbocycles. The molecular weight excluding hydrogens is 282 g/mol. The minimum atomic E-state index is -0.643. The molecule has 0 aliphatic carbocycles. The van der Waals surface area contributed by atoms with Gasteiger partial charge in [0.25, 0.3) is 0 Å². The average Bonchev–Trinajstić information content (AvgIpc) is 2.28. The van der Waals surface area contributed by atoms with Gasteiger partial charge in [-0.15, -0.1) is 0 Å². The fourth-order valence-corrected chi connectivity index (χ4v) is 3.35. The molecule has 1 aromatic rings. The molecule has 0 fully saturated rings. The van der Waals surface area contributed by atoms with E-state index in [1.807, 2.05) is 6.07 Å². The van der Waals surface area contributed by atoms with Crippen LogP contribution in [0.15, 0.2) is 22.7 Å². The number of hydrogen-bond donors (Lipinski definition) is 2. The standard InChI is InChI=1S/C13H18BrNO2/c1-9-5-15(7-11(17)8-16)6-10-3-2-4-12(14)13(9)10/h2-4,9,11,16-17H,5-8H2,1H3. The van der Waals surface area contributed by atoms with Crippen LogP contribution in [0.3, 0.4) is 0 Å². The zero-order valence-electron chi connectivity index (χ0n) is 9.93. The largest absolute Gasteiger partial charge is 0.394 e. The van der Waals surface area contributed by atoms with Gasteiger partial charge in [0, 0.05) is 24.1 Å². The molecule has 1 aliphatic rings. The topological polar surface area (TPSA) is 43.7 Å². The number of nitrogens with zero attached hydrogens (tertiary/aromatic N) is 1. The third kappa shape index (κ3) is 2.88. The lowest BCUT2D eigenvalue weighted by molar-refractivity contribution is 0.0526. The molecular formula is C13H18BrNO2. The van der Waals surface area contributed by atoms with Crippen molar-refractivity contribution in [2.24, 2.45) is 0 Å². The molecule has 2 unspecified atom stereocenters. The number of aliphatic hydroxyl groups excluding tert-OH is 2. The van der Waals surface area contributed by atoms with Crippen LogP contribution in [-0.4, -0.2) is 40.9 Å². The summed E-state index contributed by atoms with van der Waals surface area (Å²) in [5.74, 6) is 0.445. The van der Waals surface area contributed by atoms with Crippen LogP contribution in [0.2, 0.25) is 0 Å². The SMILES string of the molecule is CC1CN(CC(O)CO)Cc2cccc(Br)c21. The van der Waals surface area contributed by atoms with E-state index in [2.05, 4.69) is 39.9 Å². The first-order valence-electron chi connectivity index (χ1n) is 5.90. The Kier molecular flexibility index (Phi) is 4.20. The highest BCUT2D eigenvalue weighted by atomic mass is 79.9. The third-order valence-corrected chi connectivity index (χ3v) is 3.93. The fraction of sp³-hybridized carbons (Fsp3) is 0.538. The first-order chi connectivity index (χ1) is 8.11. The molecule has 17 heavy (non-hydrogen) atoms. The molecule has 2 atom stereocenters. The van der Waals surface area contributed by atoms with E-state index in [-0.39, 0.29) is 6.61 Å². The van der Waals surface area contributed by atoms with Gasteiger partial charge in [0.1, 0.15) is 0 Å². The Bertz CT molecular complexity index is 397. The number of hydrogen-bond acceptors (Lipinski definition) is 3. The monoisotopic (exact) mass is 299 g/mol. The van der Waals surface area contributed by atoms with Gasteiger partial charge in [-0.2, -0.15) is 0 Å². The Hall–Kier alpha value is -0.420. The van der Waals surface area contributed by atoms with E-state index in [4.69, 9.17) is 5.11 Å². The van der Waals surface area contributed by atoms with E-state index in [9.17, 15) is 5.11 Å². The number of halogens is 1. The summed E-state index contributed by atoms with van der Waals surface area (Å²) < 4.78 is 1.17. The van der Waals surface area contributed by atoms with Crippen molar-refractivity contribution in [3.8, 4) is 0 Å². The second-order valence-electron chi connectivity index (χ2n) is 4.74. The van der Waals surface area contributed by atoms with Gasteiger partial charge in [-0.25, -0.2) is 0 Å². The maximum absolute atomic E-state index is 9.50. The molecule has 3 nitrogen and oxygen atoms in total. The molecule has 94 valence electrons. The molecule has 0 bridgehead atoms. The van der Waals surface area contributed by atoms with Crippen LogP contribution in [0.5, 0.6) is 0 Å². The second kappa shape index (κ2) is 5.48. The number of aliphatic hydroxyl groups is 2. The molecule has 0 aromatic heterocycles. The lowest BCUT2D eigenvalue weighted by atomic mass is 9.91. The van der Waals surface area contributed by atoms with Gasteiger partial charge in [-0.05, 0) is 23.1 Å². The molecule has 2 rings (SSSR count). The minimum absolute atomic E-state index is 0.170. The molecule has 1 heterocycles. The van der Waals surface area contributed by atoms with Crippen molar-refractivity contribution in [3.63, 3.8) is 0 Å². The summed E-state index contributed by atoms with van der Waals surface area (Å²) in [5.41, 5.74) is 2.69. The van der Waals surface area contributed by atoms with Crippen LogP contribution in [0.25, 0.3) is 0 Å².